The number of hydrogen-bond donors (Lipinski definition) is 2. The van der Waals surface area contributed by atoms with E-state index in [4.69, 9.17) is 9.72 Å². The third-order valence-corrected chi connectivity index (χ3v) is 11.1. The lowest BCUT2D eigenvalue weighted by atomic mass is 9.87. The lowest BCUT2D eigenvalue weighted by molar-refractivity contribution is 0.0123. The van der Waals surface area contributed by atoms with Gasteiger partial charge < -0.3 is 19.8 Å². The molecule has 4 saturated heterocycles. The first kappa shape index (κ1) is 29.7. The molecule has 0 saturated carbocycles. The Labute approximate surface area is 265 Å². The van der Waals surface area contributed by atoms with E-state index in [1.807, 2.05) is 13.8 Å². The number of halogens is 3. The summed E-state index contributed by atoms with van der Waals surface area (Å²) in [5.41, 5.74) is -0.840. The van der Waals surface area contributed by atoms with Crippen molar-refractivity contribution in [3.63, 3.8) is 0 Å². The van der Waals surface area contributed by atoms with Gasteiger partial charge in [-0.3, -0.25) is 9.88 Å². The number of aromatic hydroxyl groups is 1. The van der Waals surface area contributed by atoms with Crippen molar-refractivity contribution in [3.05, 3.63) is 47.7 Å². The molecule has 0 spiro atoms. The number of aliphatic hydroxyl groups is 1. The molecular weight excluding hydrogens is 595 g/mol. The molecule has 4 aliphatic heterocycles. The van der Waals surface area contributed by atoms with E-state index in [1.54, 1.807) is 6.07 Å². The van der Waals surface area contributed by atoms with Crippen LogP contribution in [0.15, 0.2) is 30.5 Å². The number of phenolic OH excluding ortho intramolecular Hbond substituents is 1. The van der Waals surface area contributed by atoms with Crippen LogP contribution in [0.25, 0.3) is 32.9 Å². The van der Waals surface area contributed by atoms with Crippen molar-refractivity contribution in [3.8, 4) is 23.0 Å². The predicted molar refractivity (Wildman–Crippen MR) is 169 cm³/mol. The Morgan fingerprint density at radius 3 is 2.78 bits per heavy atom. The highest BCUT2D eigenvalue weighted by Gasteiger charge is 2.51. The number of phenols is 1. The second-order valence-electron chi connectivity index (χ2n) is 13.9. The SMILES string of the molecule is CCc1c(F)ccc2cc(O)cc(-c3ncc4c(N5C6CCC5C(C)(O)CC6)nc(OCC56CCCN5C[C@H](F)C6)nc4c3F)c12. The average molecular weight is 634 g/mol. The molecule has 2 bridgehead atoms. The number of ether oxygens (including phenoxy) is 1. The number of alkyl halides is 1. The Kier molecular flexibility index (Phi) is 6.88. The van der Waals surface area contributed by atoms with Gasteiger partial charge in [-0.25, -0.2) is 13.2 Å². The Hall–Kier alpha value is -3.70. The molecule has 0 amide bonds. The molecule has 2 aromatic carbocycles. The van der Waals surface area contributed by atoms with E-state index in [0.29, 0.717) is 53.3 Å². The minimum absolute atomic E-state index is 0.0175. The van der Waals surface area contributed by atoms with Gasteiger partial charge in [-0.05, 0) is 92.9 Å². The molecule has 2 aromatic heterocycles. The van der Waals surface area contributed by atoms with Gasteiger partial charge in [0.1, 0.15) is 41.4 Å². The monoisotopic (exact) mass is 633 g/mol. The molecule has 4 aromatic rings. The minimum atomic E-state index is -0.957. The van der Waals surface area contributed by atoms with Crippen molar-refractivity contribution in [1.82, 2.24) is 19.9 Å². The van der Waals surface area contributed by atoms with E-state index in [-0.39, 0.29) is 47.2 Å². The molecule has 6 heterocycles. The summed E-state index contributed by atoms with van der Waals surface area (Å²) in [6.45, 7) is 5.02. The zero-order valence-corrected chi connectivity index (χ0v) is 26.1. The molecular formula is C35H38F3N5O3. The summed E-state index contributed by atoms with van der Waals surface area (Å²) in [7, 11) is 0. The topological polar surface area (TPSA) is 94.8 Å². The van der Waals surface area contributed by atoms with Crippen LogP contribution in [-0.4, -0.2) is 79.2 Å². The number of rotatable bonds is 6. The van der Waals surface area contributed by atoms with E-state index in [9.17, 15) is 19.0 Å². The maximum atomic E-state index is 16.9. The van der Waals surface area contributed by atoms with Gasteiger partial charge in [-0.2, -0.15) is 9.97 Å². The Bertz CT molecular complexity index is 1870. The molecule has 46 heavy (non-hydrogen) atoms. The first-order chi connectivity index (χ1) is 22.1. The van der Waals surface area contributed by atoms with E-state index in [1.165, 1.54) is 24.4 Å². The van der Waals surface area contributed by atoms with Gasteiger partial charge >= 0.3 is 6.01 Å². The maximum absolute atomic E-state index is 16.9. The number of aryl methyl sites for hydroxylation is 1. The summed E-state index contributed by atoms with van der Waals surface area (Å²) in [5.74, 6) is -0.813. The van der Waals surface area contributed by atoms with Crippen molar-refractivity contribution in [2.75, 3.05) is 24.6 Å². The van der Waals surface area contributed by atoms with Crippen LogP contribution in [0.2, 0.25) is 0 Å². The Balaban J connectivity index is 1.30. The van der Waals surface area contributed by atoms with Crippen LogP contribution >= 0.6 is 0 Å². The number of benzene rings is 2. The minimum Gasteiger partial charge on any atom is -0.508 e. The van der Waals surface area contributed by atoms with E-state index >= 15 is 4.39 Å². The fourth-order valence-electron chi connectivity index (χ4n) is 8.87. The van der Waals surface area contributed by atoms with Crippen LogP contribution < -0.4 is 9.64 Å². The summed E-state index contributed by atoms with van der Waals surface area (Å²) in [6.07, 6.45) is 6.14. The van der Waals surface area contributed by atoms with Crippen LogP contribution in [0.3, 0.4) is 0 Å². The number of pyridine rings is 1. The third kappa shape index (κ3) is 4.52. The highest BCUT2D eigenvalue weighted by Crippen LogP contribution is 2.47. The highest BCUT2D eigenvalue weighted by atomic mass is 19.1. The summed E-state index contributed by atoms with van der Waals surface area (Å²) >= 11 is 0. The van der Waals surface area contributed by atoms with Crippen molar-refractivity contribution in [2.24, 2.45) is 0 Å². The molecule has 4 aliphatic rings. The van der Waals surface area contributed by atoms with Crippen LogP contribution in [0.5, 0.6) is 11.8 Å². The number of aromatic nitrogens is 3. The number of hydrogen-bond acceptors (Lipinski definition) is 8. The van der Waals surface area contributed by atoms with Gasteiger partial charge in [0.15, 0.2) is 5.82 Å². The van der Waals surface area contributed by atoms with Crippen molar-refractivity contribution in [2.45, 2.75) is 94.6 Å². The van der Waals surface area contributed by atoms with Gasteiger partial charge in [0.25, 0.3) is 0 Å². The number of anilines is 1. The largest absolute Gasteiger partial charge is 0.508 e. The normalized spacial score (nSPS) is 29.3. The highest BCUT2D eigenvalue weighted by molar-refractivity contribution is 6.01. The van der Waals surface area contributed by atoms with Crippen LogP contribution in [0.4, 0.5) is 19.0 Å². The van der Waals surface area contributed by atoms with Crippen molar-refractivity contribution >= 4 is 27.5 Å². The van der Waals surface area contributed by atoms with Gasteiger partial charge in [-0.15, -0.1) is 0 Å². The van der Waals surface area contributed by atoms with Gasteiger partial charge in [0.05, 0.1) is 22.6 Å². The molecule has 0 radical (unpaired) electrons. The van der Waals surface area contributed by atoms with Crippen LogP contribution in [0.1, 0.15) is 64.4 Å². The lowest BCUT2D eigenvalue weighted by Gasteiger charge is -2.44. The van der Waals surface area contributed by atoms with E-state index in [0.717, 1.165) is 38.6 Å². The quantitative estimate of drug-likeness (QED) is 0.258. The molecule has 4 unspecified atom stereocenters. The van der Waals surface area contributed by atoms with Crippen LogP contribution in [0, 0.1) is 11.6 Å². The van der Waals surface area contributed by atoms with E-state index in [2.05, 4.69) is 19.8 Å². The fourth-order valence-corrected chi connectivity index (χ4v) is 8.87. The van der Waals surface area contributed by atoms with Crippen molar-refractivity contribution in [1.29, 1.82) is 0 Å². The predicted octanol–water partition coefficient (Wildman–Crippen LogP) is 6.23. The van der Waals surface area contributed by atoms with Crippen LogP contribution in [-0.2, 0) is 6.42 Å². The molecule has 242 valence electrons. The van der Waals surface area contributed by atoms with Gasteiger partial charge in [-0.1, -0.05) is 13.0 Å². The smallest absolute Gasteiger partial charge is 0.319 e. The first-order valence-electron chi connectivity index (χ1n) is 16.4. The molecule has 0 aliphatic carbocycles. The fraction of sp³-hybridized carbons (Fsp3) is 0.514. The van der Waals surface area contributed by atoms with Crippen molar-refractivity contribution < 1.29 is 28.1 Å². The third-order valence-electron chi connectivity index (χ3n) is 11.1. The Morgan fingerprint density at radius 1 is 1.11 bits per heavy atom. The molecule has 4 fully saturated rings. The van der Waals surface area contributed by atoms with Gasteiger partial charge in [0, 0.05) is 30.8 Å². The molecule has 8 nitrogen and oxygen atoms in total. The zero-order chi connectivity index (χ0) is 32.0. The lowest BCUT2D eigenvalue weighted by Crippen LogP contribution is -2.54. The maximum Gasteiger partial charge on any atom is 0.319 e. The average Bonchev–Trinajstić information content (AvgIpc) is 3.68. The summed E-state index contributed by atoms with van der Waals surface area (Å²) < 4.78 is 52.7. The molecule has 5 atom stereocenters. The summed E-state index contributed by atoms with van der Waals surface area (Å²) in [4.78, 5) is 18.2. The number of nitrogens with zero attached hydrogens (tertiary/aromatic N) is 5. The van der Waals surface area contributed by atoms with E-state index < -0.39 is 28.9 Å². The Morgan fingerprint density at radius 2 is 1.96 bits per heavy atom. The molecule has 8 rings (SSSR count). The summed E-state index contributed by atoms with van der Waals surface area (Å²) in [6, 6.07) is 5.70. The number of fused-ring (bicyclic) bond motifs is 5. The first-order valence-corrected chi connectivity index (χ1v) is 16.4. The summed E-state index contributed by atoms with van der Waals surface area (Å²) in [5, 5.41) is 23.4. The van der Waals surface area contributed by atoms with Gasteiger partial charge in [0.2, 0.25) is 0 Å². The molecule has 11 heteroatoms. The zero-order valence-electron chi connectivity index (χ0n) is 26.1. The second kappa shape index (κ2) is 10.7. The molecule has 2 N–H and O–H groups in total. The number of piperidine rings is 1. The standard InChI is InChI=1S/C35H38F3N5O3/c1-3-23-26(37)7-5-19-13-22(44)14-24(28(19)23)30-29(38)31-25(16-39-30)32(43-21-6-8-27(43)34(2,45)11-9-21)41-33(40-31)46-18-35-10-4-12-42(35)17-20(36)15-35/h5,7,13-14,16,20-21,27,44-45H,3-4,6,8-12,15,17-18H2,1-2H3/t20-,21?,27?,34?,35?/m1/s1. The second-order valence-corrected chi connectivity index (χ2v) is 13.9.